The minimum absolute atomic E-state index is 0.138. The van der Waals surface area contributed by atoms with E-state index in [1.54, 1.807) is 11.8 Å². The molecule has 1 atom stereocenters. The molecule has 2 aromatic rings. The standard InChI is InChI=1S/C22H30ClN3O3/c1-4-25-13-8-9-16(25)15-26(14-12-19(27)29-5-2)22(28)21-20(23)17-10-6-7-11-18(17)24(21)3/h6-7,10-11,16H,4-5,8-9,12-15H2,1-3H3. The lowest BCUT2D eigenvalue weighted by Crippen LogP contribution is -2.44. The summed E-state index contributed by atoms with van der Waals surface area (Å²) in [6, 6.07) is 8.03. The number of halogens is 1. The van der Waals surface area contributed by atoms with E-state index >= 15 is 0 Å². The van der Waals surface area contributed by atoms with E-state index in [-0.39, 0.29) is 18.3 Å². The van der Waals surface area contributed by atoms with Crippen molar-refractivity contribution in [1.29, 1.82) is 0 Å². The molecule has 0 N–H and O–H groups in total. The predicted molar refractivity (Wildman–Crippen MR) is 115 cm³/mol. The van der Waals surface area contributed by atoms with Gasteiger partial charge in [-0.15, -0.1) is 0 Å². The highest BCUT2D eigenvalue weighted by Crippen LogP contribution is 2.31. The van der Waals surface area contributed by atoms with Crippen LogP contribution in [0.4, 0.5) is 0 Å². The van der Waals surface area contributed by atoms with Gasteiger partial charge in [-0.25, -0.2) is 0 Å². The van der Waals surface area contributed by atoms with Crippen molar-refractivity contribution in [3.05, 3.63) is 35.0 Å². The van der Waals surface area contributed by atoms with Crippen LogP contribution >= 0.6 is 11.6 Å². The molecule has 0 saturated carbocycles. The molecule has 0 spiro atoms. The van der Waals surface area contributed by atoms with Crippen LogP contribution in [0.3, 0.4) is 0 Å². The summed E-state index contributed by atoms with van der Waals surface area (Å²) in [4.78, 5) is 29.7. The third-order valence-corrected chi connectivity index (χ3v) is 6.15. The number of aromatic nitrogens is 1. The van der Waals surface area contributed by atoms with Crippen LogP contribution in [0.5, 0.6) is 0 Å². The molecule has 1 aliphatic rings. The van der Waals surface area contributed by atoms with Gasteiger partial charge in [0.1, 0.15) is 5.69 Å². The molecule has 29 heavy (non-hydrogen) atoms. The highest BCUT2D eigenvalue weighted by molar-refractivity contribution is 6.38. The summed E-state index contributed by atoms with van der Waals surface area (Å²) in [5, 5.41) is 1.33. The van der Waals surface area contributed by atoms with Gasteiger partial charge in [0.2, 0.25) is 0 Å². The maximum Gasteiger partial charge on any atom is 0.307 e. The Labute approximate surface area is 177 Å². The summed E-state index contributed by atoms with van der Waals surface area (Å²) in [7, 11) is 1.86. The largest absolute Gasteiger partial charge is 0.466 e. The molecule has 0 radical (unpaired) electrons. The maximum absolute atomic E-state index is 13.6. The number of para-hydroxylation sites is 1. The minimum atomic E-state index is -0.285. The predicted octanol–water partition coefficient (Wildman–Crippen LogP) is 3.71. The number of rotatable bonds is 8. The van der Waals surface area contributed by atoms with Crippen molar-refractivity contribution in [2.75, 3.05) is 32.8 Å². The van der Waals surface area contributed by atoms with Crippen molar-refractivity contribution >= 4 is 34.4 Å². The average Bonchev–Trinajstić information content (AvgIpc) is 3.27. The lowest BCUT2D eigenvalue weighted by Gasteiger charge is -2.30. The summed E-state index contributed by atoms with van der Waals surface area (Å²) in [5.74, 6) is -0.423. The molecule has 1 saturated heterocycles. The van der Waals surface area contributed by atoms with Crippen molar-refractivity contribution in [2.45, 2.75) is 39.2 Å². The smallest absolute Gasteiger partial charge is 0.307 e. The van der Waals surface area contributed by atoms with Crippen LogP contribution in [-0.2, 0) is 16.6 Å². The van der Waals surface area contributed by atoms with Gasteiger partial charge in [0.05, 0.1) is 18.1 Å². The van der Waals surface area contributed by atoms with Gasteiger partial charge >= 0.3 is 5.97 Å². The summed E-state index contributed by atoms with van der Waals surface area (Å²) < 4.78 is 6.92. The number of aryl methyl sites for hydroxylation is 1. The number of fused-ring (bicyclic) bond motifs is 1. The lowest BCUT2D eigenvalue weighted by atomic mass is 10.2. The third kappa shape index (κ3) is 4.59. The van der Waals surface area contributed by atoms with E-state index in [9.17, 15) is 9.59 Å². The van der Waals surface area contributed by atoms with Crippen molar-refractivity contribution in [3.8, 4) is 0 Å². The summed E-state index contributed by atoms with van der Waals surface area (Å²) in [6.45, 7) is 7.19. The first-order chi connectivity index (χ1) is 14.0. The number of carbonyl (C=O) groups is 2. The van der Waals surface area contributed by atoms with E-state index in [1.807, 2.05) is 35.9 Å². The highest BCUT2D eigenvalue weighted by Gasteiger charge is 2.30. The van der Waals surface area contributed by atoms with Gasteiger partial charge in [-0.05, 0) is 38.9 Å². The van der Waals surface area contributed by atoms with Gasteiger partial charge in [0.15, 0.2) is 0 Å². The number of hydrogen-bond acceptors (Lipinski definition) is 4. The molecule has 1 aromatic heterocycles. The molecule has 158 valence electrons. The number of likely N-dealkylation sites (N-methyl/N-ethyl adjacent to an activating group) is 1. The molecule has 3 rings (SSSR count). The second-order valence-electron chi connectivity index (χ2n) is 7.47. The number of benzene rings is 1. The highest BCUT2D eigenvalue weighted by atomic mass is 35.5. The van der Waals surface area contributed by atoms with Gasteiger partial charge < -0.3 is 14.2 Å². The number of ether oxygens (including phenoxy) is 1. The molecule has 1 aliphatic heterocycles. The fourth-order valence-electron chi connectivity index (χ4n) is 4.24. The zero-order chi connectivity index (χ0) is 21.0. The van der Waals surface area contributed by atoms with E-state index in [1.165, 1.54) is 0 Å². The van der Waals surface area contributed by atoms with E-state index in [2.05, 4.69) is 11.8 Å². The van der Waals surface area contributed by atoms with Gasteiger partial charge in [-0.2, -0.15) is 0 Å². The zero-order valence-electron chi connectivity index (χ0n) is 17.5. The fraction of sp³-hybridized carbons (Fsp3) is 0.545. The Morgan fingerprint density at radius 3 is 2.72 bits per heavy atom. The van der Waals surface area contributed by atoms with Crippen molar-refractivity contribution in [2.24, 2.45) is 7.05 Å². The Morgan fingerprint density at radius 2 is 2.03 bits per heavy atom. The van der Waals surface area contributed by atoms with Gasteiger partial charge in [-0.1, -0.05) is 36.7 Å². The number of esters is 1. The summed E-state index contributed by atoms with van der Waals surface area (Å²) in [5.41, 5.74) is 1.39. The summed E-state index contributed by atoms with van der Waals surface area (Å²) in [6.07, 6.45) is 2.37. The Bertz CT molecular complexity index is 841. The number of hydrogen-bond donors (Lipinski definition) is 0. The number of nitrogens with zero attached hydrogens (tertiary/aromatic N) is 3. The summed E-state index contributed by atoms with van der Waals surface area (Å²) >= 11 is 6.62. The molecule has 0 bridgehead atoms. The van der Waals surface area contributed by atoms with Gasteiger partial charge in [0.25, 0.3) is 5.91 Å². The SMILES string of the molecule is CCOC(=O)CCN(CC1CCCN1CC)C(=O)c1c(Cl)c2ccccc2n1C. The molecular formula is C22H30ClN3O3. The second-order valence-corrected chi connectivity index (χ2v) is 7.85. The van der Waals surface area contributed by atoms with Crippen LogP contribution < -0.4 is 0 Å². The van der Waals surface area contributed by atoms with E-state index < -0.39 is 0 Å². The molecule has 1 unspecified atom stereocenters. The Morgan fingerprint density at radius 1 is 1.28 bits per heavy atom. The number of likely N-dealkylation sites (tertiary alicyclic amines) is 1. The van der Waals surface area contributed by atoms with Crippen LogP contribution in [0.25, 0.3) is 10.9 Å². The number of carbonyl (C=O) groups excluding carboxylic acids is 2. The van der Waals surface area contributed by atoms with Crippen molar-refractivity contribution in [3.63, 3.8) is 0 Å². The minimum Gasteiger partial charge on any atom is -0.466 e. The first-order valence-corrected chi connectivity index (χ1v) is 10.8. The molecule has 0 aliphatic carbocycles. The van der Waals surface area contributed by atoms with Crippen LogP contribution in [0.15, 0.2) is 24.3 Å². The lowest BCUT2D eigenvalue weighted by molar-refractivity contribution is -0.143. The van der Waals surface area contributed by atoms with E-state index in [0.717, 1.165) is 36.8 Å². The third-order valence-electron chi connectivity index (χ3n) is 5.76. The quantitative estimate of drug-likeness (QED) is 0.612. The first kappa shape index (κ1) is 21.7. The molecular weight excluding hydrogens is 390 g/mol. The van der Waals surface area contributed by atoms with Gasteiger partial charge in [0, 0.05) is 37.1 Å². The average molecular weight is 420 g/mol. The Hall–Kier alpha value is -2.05. The normalized spacial score (nSPS) is 17.0. The molecule has 2 heterocycles. The van der Waals surface area contributed by atoms with Crippen LogP contribution in [0, 0.1) is 0 Å². The molecule has 1 aromatic carbocycles. The van der Waals surface area contributed by atoms with Gasteiger partial charge in [-0.3, -0.25) is 14.5 Å². The van der Waals surface area contributed by atoms with Crippen LogP contribution in [0.1, 0.15) is 43.6 Å². The molecule has 1 amide bonds. The zero-order valence-corrected chi connectivity index (χ0v) is 18.2. The maximum atomic E-state index is 13.6. The topological polar surface area (TPSA) is 54.8 Å². The fourth-order valence-corrected chi connectivity index (χ4v) is 4.61. The molecule has 7 heteroatoms. The monoisotopic (exact) mass is 419 g/mol. The second kappa shape index (κ2) is 9.63. The van der Waals surface area contributed by atoms with Crippen molar-refractivity contribution in [1.82, 2.24) is 14.4 Å². The first-order valence-electron chi connectivity index (χ1n) is 10.4. The molecule has 1 fully saturated rings. The van der Waals surface area contributed by atoms with E-state index in [4.69, 9.17) is 16.3 Å². The van der Waals surface area contributed by atoms with E-state index in [0.29, 0.717) is 36.5 Å². The molecule has 6 nitrogen and oxygen atoms in total. The Kier molecular flexibility index (Phi) is 7.19. The van der Waals surface area contributed by atoms with Crippen LogP contribution in [-0.4, -0.2) is 65.1 Å². The van der Waals surface area contributed by atoms with Crippen LogP contribution in [0.2, 0.25) is 5.02 Å². The van der Waals surface area contributed by atoms with Crippen molar-refractivity contribution < 1.29 is 14.3 Å². The number of amides is 1. The Balaban J connectivity index is 1.88.